The van der Waals surface area contributed by atoms with Crippen molar-refractivity contribution in [2.24, 2.45) is 20.5 Å². The van der Waals surface area contributed by atoms with Gasteiger partial charge in [0.2, 0.25) is 11.6 Å². The number of carbonyl (C=O) groups excluding carboxylic acids is 2. The number of allylic oxidation sites excluding steroid dienone is 14. The molecule has 0 heterocycles. The van der Waals surface area contributed by atoms with Gasteiger partial charge >= 0.3 is 48.9 Å². The molecule has 4 aliphatic carbocycles. The number of nitrogens with zero attached hydrogens (tertiary/aromatic N) is 6. The van der Waals surface area contributed by atoms with E-state index in [9.17, 15) is 47.3 Å². The molecule has 0 bridgehead atoms. The van der Waals surface area contributed by atoms with Crippen LogP contribution in [0.15, 0.2) is 151 Å². The van der Waals surface area contributed by atoms with Gasteiger partial charge in [-0.3, -0.25) is 38.2 Å². The van der Waals surface area contributed by atoms with Gasteiger partial charge in [-0.1, -0.05) is 48.6 Å². The number of fused-ring (bicyclic) bond motifs is 2. The maximum atomic E-state index is 12.2. The molecule has 0 saturated carbocycles. The van der Waals surface area contributed by atoms with Crippen molar-refractivity contribution in [1.29, 1.82) is 0 Å². The Kier molecular flexibility index (Phi) is 13.5. The summed E-state index contributed by atoms with van der Waals surface area (Å²) in [6.45, 7) is 3.12. The fourth-order valence-corrected chi connectivity index (χ4v) is 6.23. The monoisotopic (exact) mass is 910 g/mol. The van der Waals surface area contributed by atoms with E-state index in [2.05, 4.69) is 20.5 Å². The van der Waals surface area contributed by atoms with Gasteiger partial charge in [0.25, 0.3) is 11.4 Å². The first-order valence-electron chi connectivity index (χ1n) is 15.1. The molecule has 0 radical (unpaired) electrons. The van der Waals surface area contributed by atoms with Crippen molar-refractivity contribution in [2.75, 3.05) is 0 Å². The molecule has 0 amide bonds. The summed E-state index contributed by atoms with van der Waals surface area (Å²) in [6, 6.07) is 9.09. The van der Waals surface area contributed by atoms with Crippen LogP contribution >= 0.6 is 0 Å². The van der Waals surface area contributed by atoms with Crippen LogP contribution in [0.25, 0.3) is 0 Å². The third-order valence-corrected chi connectivity index (χ3v) is 9.46. The Labute approximate surface area is 352 Å². The SMILES string of the molecule is Cc1cccc(N=NC2=C3C=CC(=S(=O)([O-])O)C=C3C=CC2=O)c1[N+](=O)[O-].Cc1cccc(N=NC2=C3C=CC(=S(=O)([O-])O)C=C3C=CC2=O)c1[N+](=O)[O-].[Ba+2]. The van der Waals surface area contributed by atoms with Crippen molar-refractivity contribution in [3.63, 3.8) is 0 Å². The Morgan fingerprint density at radius 2 is 0.945 bits per heavy atom. The smallest absolute Gasteiger partial charge is 0.757 e. The first-order valence-corrected chi connectivity index (χ1v) is 18.0. The Bertz CT molecular complexity index is 2470. The fraction of sp³-hybridized carbons (Fsp3) is 0.0588. The molecule has 18 nitrogen and oxygen atoms in total. The second kappa shape index (κ2) is 17.3. The number of rotatable bonds is 6. The van der Waals surface area contributed by atoms with Crippen molar-refractivity contribution in [2.45, 2.75) is 13.8 Å². The molecular weight excluding hydrogens is 886 g/mol. The van der Waals surface area contributed by atoms with Gasteiger partial charge < -0.3 is 18.2 Å². The average Bonchev–Trinajstić information content (AvgIpc) is 3.09. The van der Waals surface area contributed by atoms with E-state index >= 15 is 0 Å². The Morgan fingerprint density at radius 1 is 0.582 bits per heavy atom. The van der Waals surface area contributed by atoms with Gasteiger partial charge in [0.05, 0.1) is 9.85 Å². The number of benzene rings is 2. The predicted octanol–water partition coefficient (Wildman–Crippen LogP) is 5.49. The maximum Gasteiger partial charge on any atom is 2.00 e. The molecule has 4 aliphatic rings. The summed E-state index contributed by atoms with van der Waals surface area (Å²) in [7, 11) is -8.80. The van der Waals surface area contributed by atoms with E-state index in [1.165, 1.54) is 60.7 Å². The quantitative estimate of drug-likeness (QED) is 0.120. The van der Waals surface area contributed by atoms with E-state index in [0.29, 0.717) is 33.4 Å². The van der Waals surface area contributed by atoms with E-state index in [0.717, 1.165) is 12.2 Å². The summed E-state index contributed by atoms with van der Waals surface area (Å²) in [5.41, 5.74) is 1.44. The summed E-state index contributed by atoms with van der Waals surface area (Å²) >= 11 is 0. The van der Waals surface area contributed by atoms with Crippen LogP contribution in [-0.4, -0.2) is 107 Å². The van der Waals surface area contributed by atoms with Gasteiger partial charge in [-0.15, -0.1) is 20.5 Å². The molecule has 2 aromatic rings. The molecule has 0 fully saturated rings. The molecule has 55 heavy (non-hydrogen) atoms. The van der Waals surface area contributed by atoms with Crippen LogP contribution in [0, 0.1) is 34.1 Å². The molecule has 0 aliphatic heterocycles. The Morgan fingerprint density at radius 3 is 1.27 bits per heavy atom. The number of nitro groups is 2. The minimum absolute atomic E-state index is 0. The van der Waals surface area contributed by atoms with Crippen molar-refractivity contribution in [3.05, 3.63) is 162 Å². The zero-order chi connectivity index (χ0) is 39.5. The van der Waals surface area contributed by atoms with E-state index in [-0.39, 0.29) is 92.8 Å². The molecule has 21 heteroatoms. The molecule has 276 valence electrons. The second-order valence-electron chi connectivity index (χ2n) is 11.3. The Balaban J connectivity index is 0.000000240. The average molecular weight is 910 g/mol. The maximum absolute atomic E-state index is 12.2. The number of carbonyl (C=O) groups is 2. The molecule has 0 aromatic heterocycles. The van der Waals surface area contributed by atoms with Crippen LogP contribution < -0.4 is 0 Å². The third kappa shape index (κ3) is 9.88. The van der Waals surface area contributed by atoms with Crippen molar-refractivity contribution >= 4 is 113 Å². The van der Waals surface area contributed by atoms with Gasteiger partial charge in [0.15, 0.2) is 11.4 Å². The number of aryl methyl sites for hydroxylation is 2. The largest absolute Gasteiger partial charge is 2.00 e. The third-order valence-electron chi connectivity index (χ3n) is 7.76. The predicted molar refractivity (Wildman–Crippen MR) is 200 cm³/mol. The van der Waals surface area contributed by atoms with Gasteiger partial charge in [-0.25, -0.2) is 0 Å². The van der Waals surface area contributed by atoms with Crippen LogP contribution in [0.1, 0.15) is 11.1 Å². The topological polar surface area (TPSA) is 291 Å². The number of para-hydroxylation sites is 2. The van der Waals surface area contributed by atoms with Gasteiger partial charge in [0, 0.05) is 52.2 Å². The van der Waals surface area contributed by atoms with Crippen LogP contribution in [0.5, 0.6) is 0 Å². The van der Waals surface area contributed by atoms with Crippen LogP contribution in [0.3, 0.4) is 0 Å². The van der Waals surface area contributed by atoms with Crippen LogP contribution in [0.4, 0.5) is 22.7 Å². The molecule has 0 saturated heterocycles. The molecule has 2 aromatic carbocycles. The number of hydrogen-bond acceptors (Lipinski definition) is 14. The first-order chi connectivity index (χ1) is 25.4. The molecule has 0 spiro atoms. The second-order valence-corrected chi connectivity index (χ2v) is 14.2. The van der Waals surface area contributed by atoms with E-state index in [4.69, 9.17) is 9.11 Å². The summed E-state index contributed by atoms with van der Waals surface area (Å²) < 4.78 is 63.3. The first kappa shape index (κ1) is 42.9. The number of azo groups is 2. The van der Waals surface area contributed by atoms with Crippen LogP contribution in [0.2, 0.25) is 0 Å². The zero-order valence-electron chi connectivity index (χ0n) is 28.4. The number of ketones is 2. The van der Waals surface area contributed by atoms with Crippen molar-refractivity contribution < 1.29 is 46.1 Å². The molecule has 6 rings (SSSR count). The number of nitro benzene ring substituents is 2. The standard InChI is InChI=1S/2C17H13N3O6S.Ba/c2*1-10-3-2-4-14(17(10)20(22)23)18-19-16-13-7-6-12(27(24,25)26)9-11(13)5-8-15(16)21;/h2*2-9H,1H3,(H2,24,25,26);/q;;+2/p-2. The molecule has 2 N–H and O–H groups in total. The summed E-state index contributed by atoms with van der Waals surface area (Å²) in [6.07, 6.45) is 12.4. The Hall–Kier alpha value is -4.85. The van der Waals surface area contributed by atoms with Gasteiger partial charge in [0.1, 0.15) is 11.4 Å². The number of hydrogen-bond donors (Lipinski definition) is 2. The van der Waals surface area contributed by atoms with E-state index in [1.807, 2.05) is 0 Å². The summed E-state index contributed by atoms with van der Waals surface area (Å²) in [4.78, 5) is 45.0. The van der Waals surface area contributed by atoms with Crippen LogP contribution in [-0.2, 0) is 29.8 Å². The van der Waals surface area contributed by atoms with E-state index < -0.39 is 41.6 Å². The zero-order valence-corrected chi connectivity index (χ0v) is 34.5. The van der Waals surface area contributed by atoms with E-state index in [1.54, 1.807) is 38.1 Å². The van der Waals surface area contributed by atoms with Crippen molar-refractivity contribution in [3.8, 4) is 0 Å². The van der Waals surface area contributed by atoms with Gasteiger partial charge in [-0.05, 0) is 73.6 Å². The van der Waals surface area contributed by atoms with Crippen molar-refractivity contribution in [1.82, 2.24) is 0 Å². The molecule has 2 atom stereocenters. The fourth-order valence-electron chi connectivity index (χ4n) is 5.20. The van der Waals surface area contributed by atoms with Gasteiger partial charge in [-0.2, -0.15) is 0 Å². The molecular formula is C34H24BaN6O12S2. The molecule has 2 unspecified atom stereocenters. The minimum atomic E-state index is -4.40. The minimum Gasteiger partial charge on any atom is -0.757 e. The normalized spacial score (nSPS) is 18.2. The summed E-state index contributed by atoms with van der Waals surface area (Å²) in [5, 5.41) is 37.9. The summed E-state index contributed by atoms with van der Waals surface area (Å²) in [5.74, 6) is -0.970.